The molecule has 1 aromatic carbocycles. The van der Waals surface area contributed by atoms with Crippen LogP contribution in [-0.2, 0) is 10.0 Å². The molecular formula is C20H24N6O4S. The lowest BCUT2D eigenvalue weighted by atomic mass is 10.3. The maximum absolute atomic E-state index is 13.3. The number of rotatable bonds is 6. The zero-order valence-electron chi connectivity index (χ0n) is 17.6. The van der Waals surface area contributed by atoms with Gasteiger partial charge in [0.25, 0.3) is 0 Å². The molecule has 11 heteroatoms. The van der Waals surface area contributed by atoms with E-state index in [1.165, 1.54) is 30.9 Å². The number of aromatic nitrogens is 4. The van der Waals surface area contributed by atoms with Crippen LogP contribution >= 0.6 is 0 Å². The van der Waals surface area contributed by atoms with Gasteiger partial charge in [-0.2, -0.15) is 9.40 Å². The predicted octanol–water partition coefficient (Wildman–Crippen LogP) is 1.50. The first kappa shape index (κ1) is 21.1. The molecule has 0 unspecified atom stereocenters. The van der Waals surface area contributed by atoms with Gasteiger partial charge < -0.3 is 14.4 Å². The number of benzene rings is 1. The lowest BCUT2D eigenvalue weighted by Crippen LogP contribution is -2.49. The summed E-state index contributed by atoms with van der Waals surface area (Å²) in [7, 11) is -0.788. The van der Waals surface area contributed by atoms with E-state index in [4.69, 9.17) is 9.47 Å². The van der Waals surface area contributed by atoms with Gasteiger partial charge >= 0.3 is 0 Å². The minimum atomic E-state index is -3.74. The maximum Gasteiger partial charge on any atom is 0.247 e. The molecule has 1 aliphatic rings. The van der Waals surface area contributed by atoms with Crippen LogP contribution in [-0.4, -0.2) is 72.9 Å². The van der Waals surface area contributed by atoms with Crippen molar-refractivity contribution in [3.63, 3.8) is 0 Å². The first-order chi connectivity index (χ1) is 14.9. The number of aryl methyl sites for hydroxylation is 1. The Labute approximate surface area is 181 Å². The number of ether oxygens (including phenoxy) is 2. The van der Waals surface area contributed by atoms with E-state index in [1.54, 1.807) is 16.8 Å². The highest BCUT2D eigenvalue weighted by Gasteiger charge is 2.31. The molecule has 1 fully saturated rings. The van der Waals surface area contributed by atoms with E-state index in [9.17, 15) is 8.42 Å². The summed E-state index contributed by atoms with van der Waals surface area (Å²) in [6, 6.07) is 8.51. The van der Waals surface area contributed by atoms with Crippen molar-refractivity contribution < 1.29 is 17.9 Å². The molecule has 0 spiro atoms. The molecule has 2 aromatic heterocycles. The lowest BCUT2D eigenvalue weighted by molar-refractivity contribution is 0.370. The second-order valence-corrected chi connectivity index (χ2v) is 8.95. The van der Waals surface area contributed by atoms with Crippen molar-refractivity contribution >= 4 is 15.8 Å². The van der Waals surface area contributed by atoms with Crippen LogP contribution in [0.3, 0.4) is 0 Å². The molecule has 0 saturated carbocycles. The number of piperazine rings is 1. The molecule has 1 aliphatic heterocycles. The van der Waals surface area contributed by atoms with E-state index in [1.807, 2.05) is 30.2 Å². The van der Waals surface area contributed by atoms with Crippen molar-refractivity contribution in [2.24, 2.45) is 0 Å². The van der Waals surface area contributed by atoms with Gasteiger partial charge in [0.1, 0.15) is 28.5 Å². The highest BCUT2D eigenvalue weighted by atomic mass is 32.2. The molecule has 0 radical (unpaired) electrons. The van der Waals surface area contributed by atoms with Gasteiger partial charge in [0, 0.05) is 44.5 Å². The van der Waals surface area contributed by atoms with Crippen LogP contribution in [0, 0.1) is 6.92 Å². The third-order valence-electron chi connectivity index (χ3n) is 5.15. The average molecular weight is 445 g/mol. The smallest absolute Gasteiger partial charge is 0.247 e. The number of hydrogen-bond acceptors (Lipinski definition) is 8. The molecular weight excluding hydrogens is 420 g/mol. The molecule has 31 heavy (non-hydrogen) atoms. The molecule has 0 amide bonds. The Hall–Kier alpha value is -3.18. The van der Waals surface area contributed by atoms with Crippen LogP contribution in [0.25, 0.3) is 5.82 Å². The van der Waals surface area contributed by atoms with Gasteiger partial charge in [-0.1, -0.05) is 0 Å². The first-order valence-corrected chi connectivity index (χ1v) is 11.2. The Bertz CT molecular complexity index is 1170. The van der Waals surface area contributed by atoms with Crippen LogP contribution in [0.2, 0.25) is 0 Å². The molecule has 3 aromatic rings. The van der Waals surface area contributed by atoms with Gasteiger partial charge in [-0.25, -0.2) is 23.1 Å². The minimum absolute atomic E-state index is 0.0983. The van der Waals surface area contributed by atoms with E-state index in [0.717, 1.165) is 11.5 Å². The SMILES string of the molecule is COc1ccc(OC)c(S(=O)(=O)N2CCN(c3cc(-n4ccc(C)n4)ncn3)CC2)c1. The van der Waals surface area contributed by atoms with Crippen LogP contribution < -0.4 is 14.4 Å². The van der Waals surface area contributed by atoms with Crippen molar-refractivity contribution in [1.29, 1.82) is 0 Å². The van der Waals surface area contributed by atoms with Gasteiger partial charge in [-0.15, -0.1) is 0 Å². The second kappa shape index (κ2) is 8.52. The number of nitrogens with zero attached hydrogens (tertiary/aromatic N) is 6. The third-order valence-corrected chi connectivity index (χ3v) is 7.07. The van der Waals surface area contributed by atoms with Crippen molar-refractivity contribution in [1.82, 2.24) is 24.1 Å². The fraction of sp³-hybridized carbons (Fsp3) is 0.350. The Kier molecular flexibility index (Phi) is 5.79. The second-order valence-electron chi connectivity index (χ2n) is 7.04. The normalized spacial score (nSPS) is 15.1. The quantitative estimate of drug-likeness (QED) is 0.564. The third kappa shape index (κ3) is 4.19. The van der Waals surface area contributed by atoms with E-state index in [0.29, 0.717) is 37.7 Å². The van der Waals surface area contributed by atoms with Gasteiger partial charge in [-0.3, -0.25) is 0 Å². The topological polar surface area (TPSA) is 103 Å². The van der Waals surface area contributed by atoms with Crippen LogP contribution in [0.1, 0.15) is 5.69 Å². The van der Waals surface area contributed by atoms with Crippen molar-refractivity contribution in [2.75, 3.05) is 45.3 Å². The Balaban J connectivity index is 1.51. The summed E-state index contributed by atoms with van der Waals surface area (Å²) in [5.74, 6) is 2.14. The summed E-state index contributed by atoms with van der Waals surface area (Å²) in [4.78, 5) is 10.8. The lowest BCUT2D eigenvalue weighted by Gasteiger charge is -2.34. The van der Waals surface area contributed by atoms with E-state index >= 15 is 0 Å². The Morgan fingerprint density at radius 1 is 0.935 bits per heavy atom. The number of hydrogen-bond donors (Lipinski definition) is 0. The van der Waals surface area contributed by atoms with Crippen molar-refractivity contribution in [3.05, 3.63) is 48.5 Å². The molecule has 0 N–H and O–H groups in total. The van der Waals surface area contributed by atoms with Crippen LogP contribution in [0.5, 0.6) is 11.5 Å². The standard InChI is InChI=1S/C20H24N6O4S/c1-15-6-7-26(23-15)20-13-19(21-14-22-20)24-8-10-25(11-9-24)31(27,28)18-12-16(29-2)4-5-17(18)30-3/h4-7,12-14H,8-11H2,1-3H3. The summed E-state index contributed by atoms with van der Waals surface area (Å²) in [5.41, 5.74) is 0.895. The fourth-order valence-electron chi connectivity index (χ4n) is 3.46. The molecule has 0 atom stereocenters. The predicted molar refractivity (Wildman–Crippen MR) is 114 cm³/mol. The monoisotopic (exact) mass is 444 g/mol. The zero-order chi connectivity index (χ0) is 22.0. The molecule has 4 rings (SSSR count). The van der Waals surface area contributed by atoms with Gasteiger partial charge in [0.2, 0.25) is 10.0 Å². The first-order valence-electron chi connectivity index (χ1n) is 9.74. The zero-order valence-corrected chi connectivity index (χ0v) is 18.4. The molecule has 10 nitrogen and oxygen atoms in total. The Morgan fingerprint density at radius 3 is 2.32 bits per heavy atom. The summed E-state index contributed by atoms with van der Waals surface area (Å²) in [5, 5.41) is 4.37. The summed E-state index contributed by atoms with van der Waals surface area (Å²) < 4.78 is 40.1. The van der Waals surface area contributed by atoms with Crippen LogP contribution in [0.15, 0.2) is 47.8 Å². The highest BCUT2D eigenvalue weighted by molar-refractivity contribution is 7.89. The fourth-order valence-corrected chi connectivity index (χ4v) is 5.05. The minimum Gasteiger partial charge on any atom is -0.497 e. The number of sulfonamides is 1. The molecule has 0 bridgehead atoms. The summed E-state index contributed by atoms with van der Waals surface area (Å²) >= 11 is 0. The van der Waals surface area contributed by atoms with Gasteiger partial charge in [0.15, 0.2) is 5.82 Å². The Morgan fingerprint density at radius 2 is 1.68 bits per heavy atom. The van der Waals surface area contributed by atoms with Gasteiger partial charge in [0.05, 0.1) is 19.9 Å². The number of anilines is 1. The average Bonchev–Trinajstić information content (AvgIpc) is 3.25. The molecule has 164 valence electrons. The summed E-state index contributed by atoms with van der Waals surface area (Å²) in [6.07, 6.45) is 3.33. The number of methoxy groups -OCH3 is 2. The van der Waals surface area contributed by atoms with Crippen molar-refractivity contribution in [3.8, 4) is 17.3 Å². The summed E-state index contributed by atoms with van der Waals surface area (Å²) in [6.45, 7) is 3.56. The van der Waals surface area contributed by atoms with E-state index in [-0.39, 0.29) is 10.6 Å². The molecule has 0 aliphatic carbocycles. The molecule has 3 heterocycles. The van der Waals surface area contributed by atoms with Crippen LogP contribution in [0.4, 0.5) is 5.82 Å². The van der Waals surface area contributed by atoms with E-state index < -0.39 is 10.0 Å². The maximum atomic E-state index is 13.3. The van der Waals surface area contributed by atoms with Gasteiger partial charge in [-0.05, 0) is 25.1 Å². The molecule has 1 saturated heterocycles. The largest absolute Gasteiger partial charge is 0.497 e. The highest BCUT2D eigenvalue weighted by Crippen LogP contribution is 2.31. The van der Waals surface area contributed by atoms with Crippen molar-refractivity contribution in [2.45, 2.75) is 11.8 Å². The van der Waals surface area contributed by atoms with E-state index in [2.05, 4.69) is 15.1 Å².